The van der Waals surface area contributed by atoms with Crippen molar-refractivity contribution in [1.29, 1.82) is 5.26 Å². The van der Waals surface area contributed by atoms with Crippen molar-refractivity contribution >= 4 is 17.2 Å². The van der Waals surface area contributed by atoms with Crippen LogP contribution < -0.4 is 0 Å². The van der Waals surface area contributed by atoms with E-state index >= 15 is 0 Å². The lowest BCUT2D eigenvalue weighted by atomic mass is 10.1. The first kappa shape index (κ1) is 15.1. The van der Waals surface area contributed by atoms with Crippen molar-refractivity contribution < 1.29 is 4.79 Å². The Kier molecular flexibility index (Phi) is 4.34. The first-order chi connectivity index (χ1) is 9.99. The lowest BCUT2D eigenvalue weighted by Gasteiger charge is -2.12. The molecule has 0 aromatic carbocycles. The van der Waals surface area contributed by atoms with E-state index in [9.17, 15) is 10.1 Å². The van der Waals surface area contributed by atoms with Crippen molar-refractivity contribution in [2.24, 2.45) is 0 Å². The fourth-order valence-corrected chi connectivity index (χ4v) is 2.79. The van der Waals surface area contributed by atoms with Crippen molar-refractivity contribution in [3.05, 3.63) is 34.1 Å². The second-order valence-corrected chi connectivity index (χ2v) is 5.70. The second kappa shape index (κ2) is 6.02. The molecular formula is C15H16N4OS. The van der Waals surface area contributed by atoms with Gasteiger partial charge in [0.05, 0.1) is 0 Å². The third-order valence-corrected chi connectivity index (χ3v) is 4.43. The Morgan fingerprint density at radius 3 is 2.81 bits per heavy atom. The summed E-state index contributed by atoms with van der Waals surface area (Å²) in [5.41, 5.74) is 3.08. The fourth-order valence-electron chi connectivity index (χ4n) is 1.85. The number of nitrogens with zero attached hydrogens (tertiary/aromatic N) is 4. The van der Waals surface area contributed by atoms with E-state index in [4.69, 9.17) is 0 Å². The van der Waals surface area contributed by atoms with Crippen LogP contribution in [0, 0.1) is 25.2 Å². The maximum atomic E-state index is 12.3. The van der Waals surface area contributed by atoms with E-state index in [0.29, 0.717) is 16.4 Å². The van der Waals surface area contributed by atoms with Crippen LogP contribution in [0.3, 0.4) is 0 Å². The molecule has 0 radical (unpaired) electrons. The van der Waals surface area contributed by atoms with E-state index < -0.39 is 0 Å². The summed E-state index contributed by atoms with van der Waals surface area (Å²) in [6.45, 7) is 6.34. The molecule has 0 bridgehead atoms. The highest BCUT2D eigenvalue weighted by Crippen LogP contribution is 2.31. The Balaban J connectivity index is 2.54. The highest BCUT2D eigenvalue weighted by Gasteiger charge is 2.22. The predicted octanol–water partition coefficient (Wildman–Crippen LogP) is 2.79. The molecule has 1 amide bonds. The summed E-state index contributed by atoms with van der Waals surface area (Å²) in [5, 5.41) is 9.93. The predicted molar refractivity (Wildman–Crippen MR) is 82.2 cm³/mol. The second-order valence-electron chi connectivity index (χ2n) is 4.70. The summed E-state index contributed by atoms with van der Waals surface area (Å²) in [4.78, 5) is 22.8. The molecule has 0 N–H and O–H groups in total. The van der Waals surface area contributed by atoms with Gasteiger partial charge < -0.3 is 4.90 Å². The Morgan fingerprint density at radius 2 is 2.19 bits per heavy atom. The van der Waals surface area contributed by atoms with E-state index in [2.05, 4.69) is 16.0 Å². The zero-order chi connectivity index (χ0) is 15.6. The van der Waals surface area contributed by atoms with Gasteiger partial charge in [-0.1, -0.05) is 0 Å². The van der Waals surface area contributed by atoms with Gasteiger partial charge in [-0.2, -0.15) is 5.26 Å². The van der Waals surface area contributed by atoms with Crippen molar-refractivity contribution in [1.82, 2.24) is 14.9 Å². The number of hydrogen-bond donors (Lipinski definition) is 0. The number of hydrogen-bond acceptors (Lipinski definition) is 5. The average molecular weight is 300 g/mol. The molecule has 0 spiro atoms. The van der Waals surface area contributed by atoms with Gasteiger partial charge >= 0.3 is 0 Å². The summed E-state index contributed by atoms with van der Waals surface area (Å²) < 4.78 is 0. The monoisotopic (exact) mass is 300 g/mol. The first-order valence-electron chi connectivity index (χ1n) is 6.58. The molecule has 0 fully saturated rings. The lowest BCUT2D eigenvalue weighted by molar-refractivity contribution is 0.0797. The van der Waals surface area contributed by atoms with Gasteiger partial charge in [0, 0.05) is 31.0 Å². The van der Waals surface area contributed by atoms with Crippen LogP contribution in [0.5, 0.6) is 0 Å². The molecule has 0 atom stereocenters. The molecule has 2 rings (SSSR count). The number of carbonyl (C=O) groups excluding carboxylic acids is 1. The number of rotatable bonds is 3. The standard InChI is InChI=1S/C15H16N4OS/c1-5-19(4)15(20)13-12(8-16)21-14(18-13)11-6-7-17-10(3)9(11)2/h6-7H,5H2,1-4H3. The van der Waals surface area contributed by atoms with Crippen LogP contribution in [0.2, 0.25) is 0 Å². The minimum Gasteiger partial charge on any atom is -0.341 e. The van der Waals surface area contributed by atoms with Crippen LogP contribution in [-0.4, -0.2) is 34.4 Å². The molecule has 108 valence electrons. The van der Waals surface area contributed by atoms with Crippen molar-refractivity contribution in [2.75, 3.05) is 13.6 Å². The number of aromatic nitrogens is 2. The summed E-state index contributed by atoms with van der Waals surface area (Å²) in [5.74, 6) is -0.222. The van der Waals surface area contributed by atoms with Crippen molar-refractivity contribution in [2.45, 2.75) is 20.8 Å². The van der Waals surface area contributed by atoms with Gasteiger partial charge in [-0.25, -0.2) is 4.98 Å². The molecule has 0 aliphatic carbocycles. The molecule has 0 saturated heterocycles. The van der Waals surface area contributed by atoms with Crippen molar-refractivity contribution in [3.8, 4) is 16.6 Å². The van der Waals surface area contributed by atoms with Gasteiger partial charge in [0.1, 0.15) is 16.0 Å². The van der Waals surface area contributed by atoms with E-state index in [1.807, 2.05) is 26.8 Å². The largest absolute Gasteiger partial charge is 0.341 e. The van der Waals surface area contributed by atoms with Gasteiger partial charge in [0.15, 0.2) is 5.69 Å². The van der Waals surface area contributed by atoms with E-state index in [-0.39, 0.29) is 11.6 Å². The maximum Gasteiger partial charge on any atom is 0.274 e. The Hall–Kier alpha value is -2.26. The third kappa shape index (κ3) is 2.78. The number of carbonyl (C=O) groups is 1. The molecule has 0 unspecified atom stereocenters. The van der Waals surface area contributed by atoms with E-state index in [1.54, 1.807) is 18.1 Å². The van der Waals surface area contributed by atoms with Gasteiger partial charge in [-0.15, -0.1) is 11.3 Å². The minimum atomic E-state index is -0.222. The number of nitriles is 1. The first-order valence-corrected chi connectivity index (χ1v) is 7.40. The number of thiazole rings is 1. The molecule has 0 aliphatic rings. The highest BCUT2D eigenvalue weighted by molar-refractivity contribution is 7.15. The van der Waals surface area contributed by atoms with Crippen LogP contribution in [0.1, 0.15) is 33.5 Å². The normalized spacial score (nSPS) is 10.2. The Bertz CT molecular complexity index is 730. The average Bonchev–Trinajstić information content (AvgIpc) is 2.92. The van der Waals surface area contributed by atoms with Gasteiger partial charge in [0.25, 0.3) is 5.91 Å². The molecule has 2 aromatic rings. The Labute approximate surface area is 127 Å². The SMILES string of the molecule is CCN(C)C(=O)c1nc(-c2ccnc(C)c2C)sc1C#N. The van der Waals surface area contributed by atoms with Gasteiger partial charge in [-0.3, -0.25) is 9.78 Å². The quantitative estimate of drug-likeness (QED) is 0.874. The maximum absolute atomic E-state index is 12.3. The Morgan fingerprint density at radius 1 is 1.48 bits per heavy atom. The van der Waals surface area contributed by atoms with Crippen LogP contribution in [0.15, 0.2) is 12.3 Å². The van der Waals surface area contributed by atoms with Crippen molar-refractivity contribution in [3.63, 3.8) is 0 Å². The lowest BCUT2D eigenvalue weighted by Crippen LogP contribution is -2.27. The summed E-state index contributed by atoms with van der Waals surface area (Å²) in [6.07, 6.45) is 1.71. The molecule has 21 heavy (non-hydrogen) atoms. The number of amides is 1. The smallest absolute Gasteiger partial charge is 0.274 e. The van der Waals surface area contributed by atoms with Gasteiger partial charge in [0.2, 0.25) is 0 Å². The zero-order valence-corrected chi connectivity index (χ0v) is 13.3. The molecule has 0 aliphatic heterocycles. The molecule has 0 saturated carbocycles. The van der Waals surface area contributed by atoms with Crippen LogP contribution in [0.25, 0.3) is 10.6 Å². The molecule has 2 aromatic heterocycles. The summed E-state index contributed by atoms with van der Waals surface area (Å²) in [6, 6.07) is 3.93. The molecule has 5 nitrogen and oxygen atoms in total. The topological polar surface area (TPSA) is 69.9 Å². The molecule has 2 heterocycles. The molecular weight excluding hydrogens is 284 g/mol. The highest BCUT2D eigenvalue weighted by atomic mass is 32.1. The van der Waals surface area contributed by atoms with Crippen LogP contribution in [-0.2, 0) is 0 Å². The minimum absolute atomic E-state index is 0.222. The number of aryl methyl sites for hydroxylation is 1. The summed E-state index contributed by atoms with van der Waals surface area (Å²) in [7, 11) is 1.70. The zero-order valence-electron chi connectivity index (χ0n) is 12.5. The summed E-state index contributed by atoms with van der Waals surface area (Å²) >= 11 is 1.24. The van der Waals surface area contributed by atoms with E-state index in [1.165, 1.54) is 11.3 Å². The third-order valence-electron chi connectivity index (χ3n) is 3.44. The fraction of sp³-hybridized carbons (Fsp3) is 0.333. The van der Waals surface area contributed by atoms with Gasteiger partial charge in [-0.05, 0) is 32.4 Å². The van der Waals surface area contributed by atoms with Crippen LogP contribution >= 0.6 is 11.3 Å². The number of pyridine rings is 1. The van der Waals surface area contributed by atoms with Crippen LogP contribution in [0.4, 0.5) is 0 Å². The van der Waals surface area contributed by atoms with E-state index in [0.717, 1.165) is 16.8 Å². The molecule has 6 heteroatoms.